The van der Waals surface area contributed by atoms with Gasteiger partial charge >= 0.3 is 17.4 Å². The van der Waals surface area contributed by atoms with E-state index in [9.17, 15) is 29.6 Å². The number of carbonyl (C=O) groups excluding carboxylic acids is 2. The molecule has 0 unspecified atom stereocenters. The van der Waals surface area contributed by atoms with E-state index in [2.05, 4.69) is 10.2 Å². The molecule has 4 heterocycles. The number of ketones is 2. The Bertz CT molecular complexity index is 1050. The zero-order valence-corrected chi connectivity index (χ0v) is 16.5. The van der Waals surface area contributed by atoms with Gasteiger partial charge in [0, 0.05) is 30.0 Å². The second-order valence-corrected chi connectivity index (χ2v) is 9.40. The Balaban J connectivity index is 1.56. The van der Waals surface area contributed by atoms with Gasteiger partial charge in [-0.3, -0.25) is 29.4 Å². The summed E-state index contributed by atoms with van der Waals surface area (Å²) in [5.41, 5.74) is -0.594. The summed E-state index contributed by atoms with van der Waals surface area (Å²) in [5, 5.41) is 24.5. The van der Waals surface area contributed by atoms with E-state index in [1.54, 1.807) is 6.26 Å². The fraction of sp³-hybridized carbons (Fsp3) is 0.571. The number of ether oxygens (including phenoxy) is 1. The fourth-order valence-corrected chi connectivity index (χ4v) is 7.35. The number of fused-ring (bicyclic) bond motifs is 2. The van der Waals surface area contributed by atoms with Crippen LogP contribution in [0.1, 0.15) is 19.3 Å². The number of Topliss-reactive ketones (excluding diaryl/α,β-unsaturated/α-hetero) is 1. The molecule has 10 nitrogen and oxygen atoms in total. The molecule has 2 bridgehead atoms. The van der Waals surface area contributed by atoms with Crippen molar-refractivity contribution >= 4 is 17.5 Å². The minimum absolute atomic E-state index is 0.0808. The van der Waals surface area contributed by atoms with Crippen molar-refractivity contribution in [2.75, 3.05) is 13.1 Å². The Morgan fingerprint density at radius 2 is 2.23 bits per heavy atom. The first-order chi connectivity index (χ1) is 14.8. The largest absolute Gasteiger partial charge is 0.497 e. The van der Waals surface area contributed by atoms with Crippen LogP contribution < -0.4 is 5.32 Å². The van der Waals surface area contributed by atoms with Crippen LogP contribution in [0.2, 0.25) is 0 Å². The first-order valence-corrected chi connectivity index (χ1v) is 10.6. The van der Waals surface area contributed by atoms with Gasteiger partial charge in [0.25, 0.3) is 0 Å². The van der Waals surface area contributed by atoms with Crippen LogP contribution in [0.25, 0.3) is 0 Å². The van der Waals surface area contributed by atoms with Gasteiger partial charge < -0.3 is 15.2 Å². The van der Waals surface area contributed by atoms with Crippen LogP contribution in [-0.2, 0) is 19.1 Å². The van der Waals surface area contributed by atoms with Crippen LogP contribution in [0, 0.1) is 33.3 Å². The van der Waals surface area contributed by atoms with E-state index < -0.39 is 39.7 Å². The smallest absolute Gasteiger partial charge is 0.343 e. The van der Waals surface area contributed by atoms with Crippen molar-refractivity contribution in [1.29, 1.82) is 0 Å². The second-order valence-electron chi connectivity index (χ2n) is 9.40. The lowest BCUT2D eigenvalue weighted by atomic mass is 9.53. The normalized spacial score (nSPS) is 42.3. The number of hydrogen-bond acceptors (Lipinski definition) is 8. The summed E-state index contributed by atoms with van der Waals surface area (Å²) in [6.07, 6.45) is 5.62. The molecule has 162 valence electrons. The number of hydrogen-bond donors (Lipinski definition) is 2. The van der Waals surface area contributed by atoms with Gasteiger partial charge in [-0.2, -0.15) is 0 Å². The number of aliphatic carboxylic acids is 1. The number of carboxylic acids is 1. The standard InChI is InChI=1S/C21H21N3O7/c25-12-6-11-17(18(19(12)28)24(29)30)22-20-16-10-5-14-21(11,20)2-3-23(14)8-9(10)1-4-31-13(16)7-15(26)27/h1,4,6,9-10,13-14,16,20,22H,2-3,5,7-8H2,(H,26,27)/t9-,10+,13+,14-,16+,20+,21-/m1/s1. The van der Waals surface area contributed by atoms with Crippen LogP contribution in [0.15, 0.2) is 35.4 Å². The molecule has 0 radical (unpaired) electrons. The maximum absolute atomic E-state index is 12.4. The summed E-state index contributed by atoms with van der Waals surface area (Å²) in [5.74, 6) is -2.81. The van der Waals surface area contributed by atoms with Crippen molar-refractivity contribution in [2.45, 2.75) is 37.5 Å². The number of allylic oxidation sites excluding steroid dienone is 3. The summed E-state index contributed by atoms with van der Waals surface area (Å²) in [7, 11) is 0. The Labute approximate surface area is 176 Å². The molecule has 4 aliphatic heterocycles. The van der Waals surface area contributed by atoms with Crippen LogP contribution >= 0.6 is 0 Å². The highest BCUT2D eigenvalue weighted by Crippen LogP contribution is 2.64. The van der Waals surface area contributed by atoms with Crippen LogP contribution in [0.3, 0.4) is 0 Å². The van der Waals surface area contributed by atoms with E-state index in [1.165, 1.54) is 6.08 Å². The molecule has 0 aromatic heterocycles. The third-order valence-corrected chi connectivity index (χ3v) is 8.36. The average molecular weight is 427 g/mol. The van der Waals surface area contributed by atoms with E-state index in [-0.39, 0.29) is 42.0 Å². The van der Waals surface area contributed by atoms with Crippen molar-refractivity contribution in [3.63, 3.8) is 0 Å². The highest BCUT2D eigenvalue weighted by Gasteiger charge is 2.70. The lowest BCUT2D eigenvalue weighted by Crippen LogP contribution is -2.64. The molecule has 4 fully saturated rings. The van der Waals surface area contributed by atoms with E-state index in [1.807, 2.05) is 6.08 Å². The van der Waals surface area contributed by atoms with E-state index in [0.717, 1.165) is 19.5 Å². The zero-order valence-electron chi connectivity index (χ0n) is 16.5. The minimum Gasteiger partial charge on any atom is -0.497 e. The summed E-state index contributed by atoms with van der Waals surface area (Å²) in [6.45, 7) is 1.60. The van der Waals surface area contributed by atoms with Gasteiger partial charge in [-0.1, -0.05) is 0 Å². The van der Waals surface area contributed by atoms with Crippen molar-refractivity contribution in [3.8, 4) is 0 Å². The van der Waals surface area contributed by atoms with Gasteiger partial charge in [0.05, 0.1) is 17.6 Å². The Morgan fingerprint density at radius 3 is 2.97 bits per heavy atom. The lowest BCUT2D eigenvalue weighted by molar-refractivity contribution is -0.419. The van der Waals surface area contributed by atoms with Gasteiger partial charge in [0.2, 0.25) is 5.78 Å². The van der Waals surface area contributed by atoms with E-state index >= 15 is 0 Å². The summed E-state index contributed by atoms with van der Waals surface area (Å²) < 4.78 is 5.89. The molecule has 0 aromatic rings. The Hall–Kier alpha value is -3.01. The van der Waals surface area contributed by atoms with E-state index in [4.69, 9.17) is 4.74 Å². The monoisotopic (exact) mass is 427 g/mol. The number of nitrogens with one attached hydrogen (secondary N) is 1. The number of piperidine rings is 1. The molecule has 2 N–H and O–H groups in total. The summed E-state index contributed by atoms with van der Waals surface area (Å²) >= 11 is 0. The molecule has 6 aliphatic rings. The predicted molar refractivity (Wildman–Crippen MR) is 103 cm³/mol. The third-order valence-electron chi connectivity index (χ3n) is 8.36. The fourth-order valence-electron chi connectivity index (χ4n) is 7.35. The van der Waals surface area contributed by atoms with Gasteiger partial charge in [0.15, 0.2) is 0 Å². The van der Waals surface area contributed by atoms with Crippen molar-refractivity contribution in [3.05, 3.63) is 45.5 Å². The topological polar surface area (TPSA) is 139 Å². The summed E-state index contributed by atoms with van der Waals surface area (Å²) in [6, 6.07) is -0.263. The number of nitro groups is 1. The average Bonchev–Trinajstić information content (AvgIpc) is 3.18. The first kappa shape index (κ1) is 18.7. The molecule has 31 heavy (non-hydrogen) atoms. The molecule has 6 rings (SSSR count). The number of nitrogens with zero attached hydrogens (tertiary/aromatic N) is 2. The molecule has 0 aromatic carbocycles. The predicted octanol–water partition coefficient (Wildman–Crippen LogP) is 0.239. The maximum Gasteiger partial charge on any atom is 0.343 e. The van der Waals surface area contributed by atoms with Crippen molar-refractivity contribution < 1.29 is 29.2 Å². The van der Waals surface area contributed by atoms with E-state index in [0.29, 0.717) is 12.0 Å². The van der Waals surface area contributed by atoms with Gasteiger partial charge in [0.1, 0.15) is 11.8 Å². The summed E-state index contributed by atoms with van der Waals surface area (Å²) in [4.78, 5) is 49.8. The molecule has 2 aliphatic carbocycles. The van der Waals surface area contributed by atoms with Gasteiger partial charge in [-0.25, -0.2) is 0 Å². The number of carboxylic acid groups (broad SMARTS) is 1. The highest BCUT2D eigenvalue weighted by atomic mass is 16.6. The number of carbonyl (C=O) groups is 3. The highest BCUT2D eigenvalue weighted by molar-refractivity contribution is 6.48. The van der Waals surface area contributed by atoms with Crippen LogP contribution in [0.5, 0.6) is 0 Å². The minimum atomic E-state index is -1.11. The molecule has 10 heteroatoms. The molecular weight excluding hydrogens is 406 g/mol. The second kappa shape index (κ2) is 6.03. The Morgan fingerprint density at radius 1 is 1.42 bits per heavy atom. The van der Waals surface area contributed by atoms with Crippen LogP contribution in [0.4, 0.5) is 0 Å². The van der Waals surface area contributed by atoms with Crippen molar-refractivity contribution in [1.82, 2.24) is 10.2 Å². The molecular formula is C21H21N3O7. The molecule has 0 amide bonds. The zero-order chi connectivity index (χ0) is 21.7. The maximum atomic E-state index is 12.4. The lowest BCUT2D eigenvalue weighted by Gasteiger charge is -2.56. The molecule has 1 spiro atoms. The van der Waals surface area contributed by atoms with Gasteiger partial charge in [-0.05, 0) is 48.9 Å². The third kappa shape index (κ3) is 2.23. The number of rotatable bonds is 3. The molecule has 3 saturated heterocycles. The van der Waals surface area contributed by atoms with Crippen molar-refractivity contribution in [2.24, 2.45) is 23.2 Å². The first-order valence-electron chi connectivity index (χ1n) is 10.6. The molecule has 1 saturated carbocycles. The molecule has 7 atom stereocenters. The Kier molecular flexibility index (Phi) is 3.64. The SMILES string of the molecule is O=C(O)C[C@@H]1OC=C[C@@H]2CN3CC[C@]45C6=CC(=O)C(=O)C([N+](=O)[O-])=C6N[C@H]4[C@H]1[C@H]2C[C@@H]35. The quantitative estimate of drug-likeness (QED) is 0.281. The van der Waals surface area contributed by atoms with Gasteiger partial charge in [-0.15, -0.1) is 0 Å². The van der Waals surface area contributed by atoms with Crippen LogP contribution in [-0.4, -0.2) is 63.7 Å².